The van der Waals surface area contributed by atoms with Crippen LogP contribution in [0.4, 0.5) is 4.79 Å². The van der Waals surface area contributed by atoms with Crippen LogP contribution in [0.2, 0.25) is 0 Å². The summed E-state index contributed by atoms with van der Waals surface area (Å²) < 4.78 is 10.4. The fourth-order valence-corrected chi connectivity index (χ4v) is 1.64. The molecule has 1 unspecified atom stereocenters. The summed E-state index contributed by atoms with van der Waals surface area (Å²) >= 11 is 0. The molecule has 0 aliphatic carbocycles. The number of hydrogen-bond acceptors (Lipinski definition) is 5. The molecule has 0 spiro atoms. The standard InChI is InChI=1S/C15H23N3O3/c1-11(18-14(19)21-15(2,3)4)7-8-17-10-13-6-5-12(9-16)20-13/h5-6,11,17H,7-8,10H2,1-4H3,(H,18,19). The molecule has 0 aliphatic rings. The average molecular weight is 293 g/mol. The molecule has 1 aromatic heterocycles. The fourth-order valence-electron chi connectivity index (χ4n) is 1.64. The van der Waals surface area contributed by atoms with Gasteiger partial charge in [0, 0.05) is 6.04 Å². The molecule has 2 N–H and O–H groups in total. The minimum absolute atomic E-state index is 0.0126. The van der Waals surface area contributed by atoms with Gasteiger partial charge in [-0.25, -0.2) is 4.79 Å². The van der Waals surface area contributed by atoms with Crippen LogP contribution in [0.3, 0.4) is 0 Å². The van der Waals surface area contributed by atoms with Gasteiger partial charge in [-0.05, 0) is 52.8 Å². The van der Waals surface area contributed by atoms with Gasteiger partial charge in [-0.3, -0.25) is 0 Å². The number of amides is 1. The number of furan rings is 1. The number of rotatable bonds is 6. The molecule has 1 rings (SSSR count). The molecule has 6 heteroatoms. The van der Waals surface area contributed by atoms with Crippen molar-refractivity contribution in [3.05, 3.63) is 23.7 Å². The maximum absolute atomic E-state index is 11.6. The molecule has 1 heterocycles. The smallest absolute Gasteiger partial charge is 0.407 e. The summed E-state index contributed by atoms with van der Waals surface area (Å²) in [6.45, 7) is 8.69. The van der Waals surface area contributed by atoms with E-state index in [1.54, 1.807) is 12.1 Å². The monoisotopic (exact) mass is 293 g/mol. The van der Waals surface area contributed by atoms with Crippen LogP contribution in [0.15, 0.2) is 16.5 Å². The van der Waals surface area contributed by atoms with E-state index < -0.39 is 11.7 Å². The summed E-state index contributed by atoms with van der Waals surface area (Å²) in [6.07, 6.45) is 0.366. The van der Waals surface area contributed by atoms with E-state index in [-0.39, 0.29) is 6.04 Å². The molecule has 0 aromatic carbocycles. The first-order valence-electron chi connectivity index (χ1n) is 6.99. The Bertz CT molecular complexity index is 497. The minimum atomic E-state index is -0.486. The van der Waals surface area contributed by atoms with Gasteiger partial charge in [-0.2, -0.15) is 5.26 Å². The Balaban J connectivity index is 2.17. The van der Waals surface area contributed by atoms with Crippen LogP contribution in [-0.4, -0.2) is 24.3 Å². The van der Waals surface area contributed by atoms with Gasteiger partial charge in [-0.1, -0.05) is 0 Å². The highest BCUT2D eigenvalue weighted by Gasteiger charge is 2.17. The Labute approximate surface area is 125 Å². The molecule has 1 atom stereocenters. The molecule has 0 saturated carbocycles. The third-order valence-electron chi connectivity index (χ3n) is 2.59. The maximum atomic E-state index is 11.6. The first kappa shape index (κ1) is 17.1. The molecular formula is C15H23N3O3. The van der Waals surface area contributed by atoms with Crippen molar-refractivity contribution in [2.24, 2.45) is 0 Å². The average Bonchev–Trinajstić information content (AvgIpc) is 2.80. The first-order valence-corrected chi connectivity index (χ1v) is 6.99. The van der Waals surface area contributed by atoms with E-state index in [0.29, 0.717) is 12.3 Å². The highest BCUT2D eigenvalue weighted by Crippen LogP contribution is 2.07. The molecule has 0 aliphatic heterocycles. The van der Waals surface area contributed by atoms with Crippen LogP contribution in [0, 0.1) is 11.3 Å². The summed E-state index contributed by atoms with van der Waals surface area (Å²) in [4.78, 5) is 11.6. The lowest BCUT2D eigenvalue weighted by Crippen LogP contribution is -2.38. The summed E-state index contributed by atoms with van der Waals surface area (Å²) in [5.41, 5.74) is -0.486. The van der Waals surface area contributed by atoms with Gasteiger partial charge in [0.05, 0.1) is 6.54 Å². The molecule has 1 aromatic rings. The molecule has 0 saturated heterocycles. The molecule has 0 bridgehead atoms. The van der Waals surface area contributed by atoms with E-state index in [4.69, 9.17) is 14.4 Å². The number of nitriles is 1. The van der Waals surface area contributed by atoms with Crippen molar-refractivity contribution in [1.82, 2.24) is 10.6 Å². The Morgan fingerprint density at radius 2 is 2.19 bits per heavy atom. The molecule has 0 fully saturated rings. The van der Waals surface area contributed by atoms with Gasteiger partial charge < -0.3 is 19.8 Å². The van der Waals surface area contributed by atoms with Gasteiger partial charge in [0.15, 0.2) is 0 Å². The second-order valence-electron chi connectivity index (χ2n) is 5.89. The third-order valence-corrected chi connectivity index (χ3v) is 2.59. The molecule has 1 amide bonds. The van der Waals surface area contributed by atoms with Crippen LogP contribution in [0.5, 0.6) is 0 Å². The van der Waals surface area contributed by atoms with E-state index in [1.807, 2.05) is 33.8 Å². The zero-order chi connectivity index (χ0) is 15.9. The van der Waals surface area contributed by atoms with Gasteiger partial charge in [0.1, 0.15) is 17.4 Å². The van der Waals surface area contributed by atoms with Crippen molar-refractivity contribution < 1.29 is 13.9 Å². The predicted octanol–water partition coefficient (Wildman–Crippen LogP) is 2.54. The Hall–Kier alpha value is -2.00. The number of carbonyl (C=O) groups is 1. The van der Waals surface area contributed by atoms with Crippen molar-refractivity contribution in [2.45, 2.75) is 52.3 Å². The predicted molar refractivity (Wildman–Crippen MR) is 78.6 cm³/mol. The molecule has 116 valence electrons. The first-order chi connectivity index (χ1) is 9.80. The zero-order valence-electron chi connectivity index (χ0n) is 13.0. The van der Waals surface area contributed by atoms with Crippen molar-refractivity contribution in [2.75, 3.05) is 6.54 Å². The summed E-state index contributed by atoms with van der Waals surface area (Å²) in [6, 6.07) is 5.37. The van der Waals surface area contributed by atoms with Gasteiger partial charge in [-0.15, -0.1) is 0 Å². The molecule has 0 radical (unpaired) electrons. The lowest BCUT2D eigenvalue weighted by atomic mass is 10.2. The number of ether oxygens (including phenoxy) is 1. The minimum Gasteiger partial charge on any atom is -0.449 e. The van der Waals surface area contributed by atoms with Crippen LogP contribution in [-0.2, 0) is 11.3 Å². The molecular weight excluding hydrogens is 270 g/mol. The lowest BCUT2D eigenvalue weighted by Gasteiger charge is -2.22. The zero-order valence-corrected chi connectivity index (χ0v) is 13.0. The molecule has 6 nitrogen and oxygen atoms in total. The number of nitrogens with zero attached hydrogens (tertiary/aromatic N) is 1. The Morgan fingerprint density at radius 1 is 1.48 bits per heavy atom. The maximum Gasteiger partial charge on any atom is 0.407 e. The van der Waals surface area contributed by atoms with Gasteiger partial charge in [0.2, 0.25) is 5.76 Å². The van der Waals surface area contributed by atoms with Crippen molar-refractivity contribution >= 4 is 6.09 Å². The normalized spacial score (nSPS) is 12.5. The second-order valence-corrected chi connectivity index (χ2v) is 5.89. The highest BCUT2D eigenvalue weighted by atomic mass is 16.6. The van der Waals surface area contributed by atoms with Crippen molar-refractivity contribution in [1.29, 1.82) is 5.26 Å². The van der Waals surface area contributed by atoms with Crippen LogP contribution in [0.1, 0.15) is 45.6 Å². The quantitative estimate of drug-likeness (QED) is 0.787. The van der Waals surface area contributed by atoms with Crippen LogP contribution >= 0.6 is 0 Å². The van der Waals surface area contributed by atoms with E-state index in [1.165, 1.54) is 0 Å². The Morgan fingerprint density at radius 3 is 2.76 bits per heavy atom. The summed E-state index contributed by atoms with van der Waals surface area (Å²) in [7, 11) is 0. The van der Waals surface area contributed by atoms with E-state index in [9.17, 15) is 4.79 Å². The third kappa shape index (κ3) is 7.37. The van der Waals surface area contributed by atoms with Crippen molar-refractivity contribution in [3.8, 4) is 6.07 Å². The summed E-state index contributed by atoms with van der Waals surface area (Å²) in [5.74, 6) is 1.03. The van der Waals surface area contributed by atoms with Gasteiger partial charge in [0.25, 0.3) is 0 Å². The highest BCUT2D eigenvalue weighted by molar-refractivity contribution is 5.67. The lowest BCUT2D eigenvalue weighted by molar-refractivity contribution is 0.0506. The largest absolute Gasteiger partial charge is 0.449 e. The SMILES string of the molecule is CC(CCNCc1ccc(C#N)o1)NC(=O)OC(C)(C)C. The van der Waals surface area contributed by atoms with Crippen molar-refractivity contribution in [3.63, 3.8) is 0 Å². The van der Waals surface area contributed by atoms with E-state index in [0.717, 1.165) is 18.7 Å². The van der Waals surface area contributed by atoms with Gasteiger partial charge >= 0.3 is 6.09 Å². The van der Waals surface area contributed by atoms with E-state index >= 15 is 0 Å². The van der Waals surface area contributed by atoms with Crippen LogP contribution < -0.4 is 10.6 Å². The Kier molecular flexibility index (Phi) is 6.25. The second kappa shape index (κ2) is 7.70. The topological polar surface area (TPSA) is 87.3 Å². The van der Waals surface area contributed by atoms with E-state index in [2.05, 4.69) is 10.6 Å². The number of carbonyl (C=O) groups excluding carboxylic acids is 1. The number of alkyl carbamates (subject to hydrolysis) is 1. The fraction of sp³-hybridized carbons (Fsp3) is 0.600. The number of nitrogens with one attached hydrogen (secondary N) is 2. The number of hydrogen-bond donors (Lipinski definition) is 2. The summed E-state index contributed by atoms with van der Waals surface area (Å²) in [5, 5.41) is 14.6. The van der Waals surface area contributed by atoms with Crippen LogP contribution in [0.25, 0.3) is 0 Å². The molecule has 21 heavy (non-hydrogen) atoms.